The first kappa shape index (κ1) is 15.9. The highest BCUT2D eigenvalue weighted by Gasteiger charge is 2.49. The number of carbonyl (C=O) groups is 2. The molecule has 1 aromatic heterocycles. The quantitative estimate of drug-likeness (QED) is 0.670. The number of aromatic nitrogens is 1. The average Bonchev–Trinajstić information content (AvgIpc) is 2.79. The van der Waals surface area contributed by atoms with Gasteiger partial charge in [-0.3, -0.25) is 9.59 Å². The molecule has 0 spiro atoms. The van der Waals surface area contributed by atoms with Crippen LogP contribution in [0.3, 0.4) is 0 Å². The Labute approximate surface area is 130 Å². The predicted molar refractivity (Wildman–Crippen MR) is 73.7 cm³/mol. The molecule has 2 aliphatic rings. The van der Waals surface area contributed by atoms with Crippen LogP contribution in [0.4, 0.5) is 13.2 Å². The molecule has 1 N–H and O–H groups in total. The van der Waals surface area contributed by atoms with E-state index >= 15 is 0 Å². The minimum absolute atomic E-state index is 0.0532. The third-order valence-electron chi connectivity index (χ3n) is 4.46. The van der Waals surface area contributed by atoms with Crippen molar-refractivity contribution in [2.75, 3.05) is 0 Å². The zero-order valence-corrected chi connectivity index (χ0v) is 12.3. The Kier molecular flexibility index (Phi) is 3.44. The smallest absolute Gasteiger partial charge is 0.382 e. The summed E-state index contributed by atoms with van der Waals surface area (Å²) in [6.07, 6.45) is -1.85. The van der Waals surface area contributed by atoms with E-state index in [4.69, 9.17) is 0 Å². The van der Waals surface area contributed by atoms with Gasteiger partial charge in [-0.15, -0.1) is 0 Å². The van der Waals surface area contributed by atoms with Gasteiger partial charge in [-0.2, -0.15) is 13.2 Å². The lowest BCUT2D eigenvalue weighted by atomic mass is 9.81. The summed E-state index contributed by atoms with van der Waals surface area (Å²) in [5.41, 5.74) is -2.90. The molecule has 2 aliphatic carbocycles. The highest BCUT2D eigenvalue weighted by molar-refractivity contribution is 6.29. The molecule has 1 aromatic rings. The van der Waals surface area contributed by atoms with Crippen molar-refractivity contribution in [3.63, 3.8) is 0 Å². The van der Waals surface area contributed by atoms with Crippen molar-refractivity contribution in [2.45, 2.75) is 38.0 Å². The monoisotopic (exact) mass is 325 g/mol. The number of ketones is 2. The first-order valence-corrected chi connectivity index (χ1v) is 7.20. The Morgan fingerprint density at radius 2 is 2.09 bits per heavy atom. The number of nitrogens with zero attached hydrogens (tertiary/aromatic N) is 1. The first-order valence-electron chi connectivity index (χ1n) is 7.20. The summed E-state index contributed by atoms with van der Waals surface area (Å²) in [5, 5.41) is 10.3. The minimum atomic E-state index is -4.60. The zero-order valence-electron chi connectivity index (χ0n) is 12.3. The molecule has 0 aliphatic heterocycles. The number of rotatable bonds is 2. The van der Waals surface area contributed by atoms with Gasteiger partial charge >= 0.3 is 6.18 Å². The second kappa shape index (κ2) is 4.99. The van der Waals surface area contributed by atoms with Crippen LogP contribution in [-0.4, -0.2) is 27.3 Å². The third kappa shape index (κ3) is 2.59. The number of fused-ring (bicyclic) bond motifs is 2. The number of Topliss-reactive ketones (excluding diaryl/α,β-unsaturated/α-hetero) is 2. The maximum atomic E-state index is 12.6. The molecule has 3 rings (SSSR count). The van der Waals surface area contributed by atoms with Crippen molar-refractivity contribution in [3.8, 4) is 0 Å². The normalized spacial score (nSPS) is 27.1. The fourth-order valence-electron chi connectivity index (χ4n) is 3.26. The number of carbonyl (C=O) groups excluding carboxylic acids is 2. The molecule has 2 unspecified atom stereocenters. The summed E-state index contributed by atoms with van der Waals surface area (Å²) >= 11 is 0. The van der Waals surface area contributed by atoms with Crippen LogP contribution in [0.1, 0.15) is 41.0 Å². The molecule has 0 aromatic carbocycles. The highest BCUT2D eigenvalue weighted by atomic mass is 19.4. The molecular formula is C16H14F3NO3. The van der Waals surface area contributed by atoms with Gasteiger partial charge in [0.2, 0.25) is 0 Å². The standard InChI is InChI=1S/C16H14F3NO3/c1-8-10(2-3-12(20-8)16(17,18)19)13(21)11-6-9-4-5-15(23,7-9)14(11)22/h2-3,6,9,23H,4-5,7H2,1H3. The molecule has 0 amide bonds. The Hall–Kier alpha value is -2.02. The fourth-order valence-corrected chi connectivity index (χ4v) is 3.26. The lowest BCUT2D eigenvalue weighted by molar-refractivity contribution is -0.141. The number of hydrogen-bond acceptors (Lipinski definition) is 4. The van der Waals surface area contributed by atoms with Crippen LogP contribution in [0.2, 0.25) is 0 Å². The Bertz CT molecular complexity index is 739. The molecule has 122 valence electrons. The molecule has 2 bridgehead atoms. The van der Waals surface area contributed by atoms with E-state index < -0.39 is 29.0 Å². The number of aryl methyl sites for hydroxylation is 1. The zero-order chi connectivity index (χ0) is 17.0. The van der Waals surface area contributed by atoms with Crippen molar-refractivity contribution >= 4 is 11.6 Å². The molecule has 0 radical (unpaired) electrons. The minimum Gasteiger partial charge on any atom is -0.382 e. The number of aliphatic hydroxyl groups is 1. The van der Waals surface area contributed by atoms with E-state index in [0.29, 0.717) is 19.3 Å². The lowest BCUT2D eigenvalue weighted by Crippen LogP contribution is -2.41. The van der Waals surface area contributed by atoms with Crippen LogP contribution in [0, 0.1) is 12.8 Å². The largest absolute Gasteiger partial charge is 0.433 e. The summed E-state index contributed by atoms with van der Waals surface area (Å²) in [7, 11) is 0. The van der Waals surface area contributed by atoms with Gasteiger partial charge in [-0.25, -0.2) is 4.98 Å². The molecule has 23 heavy (non-hydrogen) atoms. The van der Waals surface area contributed by atoms with E-state index in [2.05, 4.69) is 4.98 Å². The first-order chi connectivity index (χ1) is 10.6. The van der Waals surface area contributed by atoms with E-state index in [9.17, 15) is 27.9 Å². The van der Waals surface area contributed by atoms with Crippen molar-refractivity contribution in [3.05, 3.63) is 40.7 Å². The Morgan fingerprint density at radius 1 is 1.39 bits per heavy atom. The summed E-state index contributed by atoms with van der Waals surface area (Å²) in [6, 6.07) is 1.75. The van der Waals surface area contributed by atoms with Crippen molar-refractivity contribution in [2.24, 2.45) is 5.92 Å². The SMILES string of the molecule is Cc1nc(C(F)(F)F)ccc1C(=O)C1=CC2CCC(O)(C2)C1=O. The van der Waals surface area contributed by atoms with Crippen molar-refractivity contribution in [1.29, 1.82) is 0 Å². The van der Waals surface area contributed by atoms with Gasteiger partial charge in [0.1, 0.15) is 11.3 Å². The number of pyridine rings is 1. The third-order valence-corrected chi connectivity index (χ3v) is 4.46. The van der Waals surface area contributed by atoms with E-state index in [-0.39, 0.29) is 22.7 Å². The molecule has 1 heterocycles. The van der Waals surface area contributed by atoms with Crippen LogP contribution in [-0.2, 0) is 11.0 Å². The number of alkyl halides is 3. The molecule has 2 atom stereocenters. The van der Waals surface area contributed by atoms with Gasteiger partial charge in [0.15, 0.2) is 11.6 Å². The summed E-state index contributed by atoms with van der Waals surface area (Å²) in [4.78, 5) is 28.3. The van der Waals surface area contributed by atoms with Crippen LogP contribution in [0.15, 0.2) is 23.8 Å². The molecule has 0 saturated heterocycles. The van der Waals surface area contributed by atoms with Crippen LogP contribution in [0.5, 0.6) is 0 Å². The molecular weight excluding hydrogens is 311 g/mol. The second-order valence-electron chi connectivity index (χ2n) is 6.10. The van der Waals surface area contributed by atoms with Crippen LogP contribution >= 0.6 is 0 Å². The number of halogens is 3. The average molecular weight is 325 g/mol. The topological polar surface area (TPSA) is 67.3 Å². The highest BCUT2D eigenvalue weighted by Crippen LogP contribution is 2.42. The van der Waals surface area contributed by atoms with Gasteiger partial charge < -0.3 is 5.11 Å². The molecule has 4 nitrogen and oxygen atoms in total. The Balaban J connectivity index is 1.97. The number of hydrogen-bond donors (Lipinski definition) is 1. The van der Waals surface area contributed by atoms with Gasteiger partial charge in [0.05, 0.1) is 5.57 Å². The maximum Gasteiger partial charge on any atom is 0.433 e. The summed E-state index contributed by atoms with van der Waals surface area (Å²) in [6.45, 7) is 1.29. The summed E-state index contributed by atoms with van der Waals surface area (Å²) in [5.74, 6) is -1.38. The number of allylic oxidation sites excluding steroid dienone is 1. The fraction of sp³-hybridized carbons (Fsp3) is 0.438. The molecule has 1 fully saturated rings. The van der Waals surface area contributed by atoms with E-state index in [1.807, 2.05) is 0 Å². The van der Waals surface area contributed by atoms with Crippen LogP contribution in [0.25, 0.3) is 0 Å². The second-order valence-corrected chi connectivity index (χ2v) is 6.10. The van der Waals surface area contributed by atoms with E-state index in [0.717, 1.165) is 12.1 Å². The maximum absolute atomic E-state index is 12.6. The molecule has 1 saturated carbocycles. The van der Waals surface area contributed by atoms with Gasteiger partial charge in [-0.1, -0.05) is 6.08 Å². The summed E-state index contributed by atoms with van der Waals surface area (Å²) < 4.78 is 37.9. The van der Waals surface area contributed by atoms with Gasteiger partial charge in [0.25, 0.3) is 0 Å². The van der Waals surface area contributed by atoms with Crippen LogP contribution < -0.4 is 0 Å². The van der Waals surface area contributed by atoms with E-state index in [1.54, 1.807) is 0 Å². The predicted octanol–water partition coefficient (Wildman–Crippen LogP) is 2.63. The lowest BCUT2D eigenvalue weighted by Gasteiger charge is -2.26. The van der Waals surface area contributed by atoms with Crippen molar-refractivity contribution < 1.29 is 27.9 Å². The van der Waals surface area contributed by atoms with Gasteiger partial charge in [-0.05, 0) is 44.2 Å². The molecule has 7 heteroatoms. The van der Waals surface area contributed by atoms with E-state index in [1.165, 1.54) is 13.0 Å². The Morgan fingerprint density at radius 3 is 2.70 bits per heavy atom. The van der Waals surface area contributed by atoms with Gasteiger partial charge in [0, 0.05) is 11.3 Å². The van der Waals surface area contributed by atoms with Crippen molar-refractivity contribution in [1.82, 2.24) is 4.98 Å².